The smallest absolute Gasteiger partial charge is 0.153 e. The van der Waals surface area contributed by atoms with E-state index in [1.165, 1.54) is 24.8 Å². The zero-order chi connectivity index (χ0) is 10.5. The number of carbonyl (C=O) groups is 1. The van der Waals surface area contributed by atoms with Crippen LogP contribution in [-0.4, -0.2) is 13.4 Å². The lowest BCUT2D eigenvalue weighted by Gasteiger charge is -2.62. The first kappa shape index (κ1) is 8.96. The summed E-state index contributed by atoms with van der Waals surface area (Å²) in [5, 5.41) is 0. The fourth-order valence-electron chi connectivity index (χ4n) is 2.99. The Balaban J connectivity index is 1.99. The van der Waals surface area contributed by atoms with Crippen LogP contribution in [0, 0.1) is 5.92 Å². The van der Waals surface area contributed by atoms with E-state index >= 15 is 0 Å². The Hall–Kier alpha value is -1.31. The van der Waals surface area contributed by atoms with Gasteiger partial charge in [-0.3, -0.25) is 4.79 Å². The normalized spacial score (nSPS) is 31.4. The topological polar surface area (TPSA) is 26.3 Å². The summed E-state index contributed by atoms with van der Waals surface area (Å²) in [5.74, 6) is 1.65. The number of methoxy groups -OCH3 is 1. The summed E-state index contributed by atoms with van der Waals surface area (Å²) in [6.45, 7) is 0. The van der Waals surface area contributed by atoms with Crippen LogP contribution in [0.3, 0.4) is 0 Å². The van der Waals surface area contributed by atoms with E-state index in [0.29, 0.717) is 16.7 Å². The quantitative estimate of drug-likeness (QED) is 0.704. The molecule has 3 saturated carbocycles. The van der Waals surface area contributed by atoms with Crippen LogP contribution in [0.2, 0.25) is 0 Å². The molecule has 15 heavy (non-hydrogen) atoms. The second kappa shape index (κ2) is 2.84. The average Bonchev–Trinajstić information content (AvgIpc) is 2.13. The third-order valence-corrected chi connectivity index (χ3v) is 4.01. The second-order valence-electron chi connectivity index (χ2n) is 4.83. The van der Waals surface area contributed by atoms with Crippen molar-refractivity contribution in [3.05, 3.63) is 29.3 Å². The first-order chi connectivity index (χ1) is 7.27. The van der Waals surface area contributed by atoms with Crippen LogP contribution >= 0.6 is 0 Å². The minimum absolute atomic E-state index is 0.425. The van der Waals surface area contributed by atoms with E-state index < -0.39 is 0 Å². The monoisotopic (exact) mass is 202 g/mol. The van der Waals surface area contributed by atoms with Crippen LogP contribution in [0.4, 0.5) is 0 Å². The van der Waals surface area contributed by atoms with Crippen molar-refractivity contribution >= 4 is 6.29 Å². The van der Waals surface area contributed by atoms with Crippen molar-refractivity contribution in [1.82, 2.24) is 0 Å². The highest BCUT2D eigenvalue weighted by atomic mass is 16.5. The minimum atomic E-state index is 0.425. The minimum Gasteiger partial charge on any atom is -0.496 e. The number of hydrogen-bond donors (Lipinski definition) is 0. The summed E-state index contributed by atoms with van der Waals surface area (Å²) in [6.07, 6.45) is 4.83. The molecule has 78 valence electrons. The van der Waals surface area contributed by atoms with Crippen molar-refractivity contribution in [2.24, 2.45) is 5.92 Å². The van der Waals surface area contributed by atoms with Crippen LogP contribution in [-0.2, 0) is 5.41 Å². The molecule has 0 amide bonds. The number of aldehydes is 1. The molecule has 3 aliphatic carbocycles. The van der Waals surface area contributed by atoms with Crippen molar-refractivity contribution in [3.63, 3.8) is 0 Å². The molecule has 0 N–H and O–H groups in total. The van der Waals surface area contributed by atoms with E-state index in [4.69, 9.17) is 4.74 Å². The molecule has 0 atom stereocenters. The fourth-order valence-corrected chi connectivity index (χ4v) is 2.99. The molecule has 2 nitrogen and oxygen atoms in total. The lowest BCUT2D eigenvalue weighted by atomic mass is 9.42. The highest BCUT2D eigenvalue weighted by Gasteiger charge is 2.57. The molecule has 0 spiro atoms. The Morgan fingerprint density at radius 1 is 1.40 bits per heavy atom. The molecule has 0 heterocycles. The molecule has 3 fully saturated rings. The summed E-state index contributed by atoms with van der Waals surface area (Å²) in [6, 6.07) is 6.03. The Labute approximate surface area is 89.2 Å². The van der Waals surface area contributed by atoms with E-state index in [9.17, 15) is 4.79 Å². The van der Waals surface area contributed by atoms with Crippen LogP contribution in [0.5, 0.6) is 5.75 Å². The van der Waals surface area contributed by atoms with Gasteiger partial charge in [-0.25, -0.2) is 0 Å². The maximum absolute atomic E-state index is 10.9. The van der Waals surface area contributed by atoms with E-state index in [1.54, 1.807) is 7.11 Å². The number of carbonyl (C=O) groups excluding carboxylic acids is 1. The Morgan fingerprint density at radius 2 is 2.13 bits per heavy atom. The number of benzene rings is 1. The second-order valence-corrected chi connectivity index (χ2v) is 4.83. The number of rotatable bonds is 3. The summed E-state index contributed by atoms with van der Waals surface area (Å²) < 4.78 is 5.14. The van der Waals surface area contributed by atoms with Gasteiger partial charge in [-0.05, 0) is 48.3 Å². The first-order valence-electron chi connectivity index (χ1n) is 5.41. The van der Waals surface area contributed by atoms with E-state index in [0.717, 1.165) is 12.2 Å². The molecule has 3 aliphatic rings. The lowest BCUT2D eigenvalue weighted by Crippen LogP contribution is -2.55. The molecular weight excluding hydrogens is 188 g/mol. The third-order valence-electron chi connectivity index (χ3n) is 4.01. The van der Waals surface area contributed by atoms with Gasteiger partial charge in [-0.15, -0.1) is 0 Å². The predicted octanol–water partition coefficient (Wildman–Crippen LogP) is 2.56. The van der Waals surface area contributed by atoms with Gasteiger partial charge >= 0.3 is 0 Å². The summed E-state index contributed by atoms with van der Waals surface area (Å²) in [5.41, 5.74) is 2.43. The van der Waals surface area contributed by atoms with Crippen molar-refractivity contribution in [3.8, 4) is 5.75 Å². The standard InChI is InChI=1S/C13H14O2/c1-15-12-3-2-11(4-10(12)8-14)13-5-9(6-13)7-13/h2-4,8-9H,5-7H2,1H3. The third kappa shape index (κ3) is 1.08. The molecule has 0 aromatic heterocycles. The maximum atomic E-state index is 10.9. The van der Waals surface area contributed by atoms with Crippen molar-refractivity contribution in [2.75, 3.05) is 7.11 Å². The van der Waals surface area contributed by atoms with Gasteiger partial charge in [0.1, 0.15) is 5.75 Å². The highest BCUT2D eigenvalue weighted by Crippen LogP contribution is 2.65. The van der Waals surface area contributed by atoms with E-state index in [1.807, 2.05) is 12.1 Å². The highest BCUT2D eigenvalue weighted by molar-refractivity contribution is 5.80. The maximum Gasteiger partial charge on any atom is 0.153 e. The first-order valence-corrected chi connectivity index (χ1v) is 5.41. The van der Waals surface area contributed by atoms with E-state index in [-0.39, 0.29) is 0 Å². The molecule has 4 rings (SSSR count). The molecule has 2 heteroatoms. The van der Waals surface area contributed by atoms with Crippen LogP contribution < -0.4 is 4.74 Å². The predicted molar refractivity (Wildman–Crippen MR) is 57.4 cm³/mol. The fraction of sp³-hybridized carbons (Fsp3) is 0.462. The molecule has 1 aromatic carbocycles. The molecule has 0 saturated heterocycles. The average molecular weight is 202 g/mol. The van der Waals surface area contributed by atoms with E-state index in [2.05, 4.69) is 6.07 Å². The number of ether oxygens (including phenoxy) is 1. The Morgan fingerprint density at radius 3 is 2.60 bits per heavy atom. The van der Waals surface area contributed by atoms with Gasteiger partial charge in [-0.2, -0.15) is 0 Å². The van der Waals surface area contributed by atoms with Gasteiger partial charge in [0, 0.05) is 0 Å². The van der Waals surface area contributed by atoms with Gasteiger partial charge in [-0.1, -0.05) is 6.07 Å². The Kier molecular flexibility index (Phi) is 1.70. The molecule has 0 radical (unpaired) electrons. The zero-order valence-electron chi connectivity index (χ0n) is 8.82. The molecular formula is C13H14O2. The number of hydrogen-bond acceptors (Lipinski definition) is 2. The van der Waals surface area contributed by atoms with Crippen molar-refractivity contribution in [2.45, 2.75) is 24.7 Å². The molecule has 1 aromatic rings. The van der Waals surface area contributed by atoms with Crippen molar-refractivity contribution in [1.29, 1.82) is 0 Å². The summed E-state index contributed by atoms with van der Waals surface area (Å²) >= 11 is 0. The molecule has 0 unspecified atom stereocenters. The van der Waals surface area contributed by atoms with Crippen LogP contribution in [0.15, 0.2) is 18.2 Å². The lowest BCUT2D eigenvalue weighted by molar-refractivity contribution is -0.0274. The summed E-state index contributed by atoms with van der Waals surface area (Å²) in [4.78, 5) is 10.9. The van der Waals surface area contributed by atoms with Gasteiger partial charge in [0.2, 0.25) is 0 Å². The van der Waals surface area contributed by atoms with Crippen LogP contribution in [0.25, 0.3) is 0 Å². The largest absolute Gasteiger partial charge is 0.496 e. The molecule has 0 aliphatic heterocycles. The van der Waals surface area contributed by atoms with Gasteiger partial charge in [0.25, 0.3) is 0 Å². The van der Waals surface area contributed by atoms with Gasteiger partial charge in [0.05, 0.1) is 12.7 Å². The molecule has 2 bridgehead atoms. The summed E-state index contributed by atoms with van der Waals surface area (Å²) in [7, 11) is 1.60. The van der Waals surface area contributed by atoms with Gasteiger partial charge < -0.3 is 4.74 Å². The van der Waals surface area contributed by atoms with Crippen molar-refractivity contribution < 1.29 is 9.53 Å². The zero-order valence-corrected chi connectivity index (χ0v) is 8.82. The van der Waals surface area contributed by atoms with Crippen LogP contribution in [0.1, 0.15) is 35.2 Å². The van der Waals surface area contributed by atoms with Gasteiger partial charge in [0.15, 0.2) is 6.29 Å². The Bertz CT molecular complexity index is 406. The SMILES string of the molecule is COc1ccc(C23CC(C2)C3)cc1C=O.